The van der Waals surface area contributed by atoms with Crippen LogP contribution in [0.15, 0.2) is 16.6 Å². The monoisotopic (exact) mass is 303 g/mol. The van der Waals surface area contributed by atoms with Crippen molar-refractivity contribution in [3.8, 4) is 5.75 Å². The number of methoxy groups -OCH3 is 1. The summed E-state index contributed by atoms with van der Waals surface area (Å²) in [5, 5.41) is 0. The lowest BCUT2D eigenvalue weighted by atomic mass is 10.2. The normalized spacial score (nSPS) is 9.00. The number of benzene rings is 1. The summed E-state index contributed by atoms with van der Waals surface area (Å²) in [6.07, 6.45) is 0. The van der Waals surface area contributed by atoms with E-state index in [9.17, 15) is 4.79 Å². The minimum Gasteiger partial charge on any atom is -0.496 e. The average Bonchev–Trinajstić information content (AvgIpc) is 2.34. The predicted molar refractivity (Wildman–Crippen MR) is 72.4 cm³/mol. The molecule has 1 aromatic rings. The molecule has 2 N–H and O–H groups in total. The fraction of sp³-hybridized carbons (Fsp3) is 0.417. The maximum absolute atomic E-state index is 11.5. The molecule has 0 amide bonds. The maximum atomic E-state index is 11.5. The van der Waals surface area contributed by atoms with Crippen molar-refractivity contribution in [3.05, 3.63) is 22.2 Å². The third-order valence-corrected chi connectivity index (χ3v) is 2.50. The van der Waals surface area contributed by atoms with E-state index in [1.54, 1.807) is 19.1 Å². The van der Waals surface area contributed by atoms with Gasteiger partial charge < -0.3 is 15.2 Å². The van der Waals surface area contributed by atoms with Crippen molar-refractivity contribution in [2.45, 2.75) is 20.8 Å². The minimum atomic E-state index is -0.421. The Morgan fingerprint density at radius 3 is 2.47 bits per heavy atom. The molecule has 0 aliphatic carbocycles. The molecule has 0 fully saturated rings. The second kappa shape index (κ2) is 7.95. The zero-order chi connectivity index (χ0) is 13.4. The van der Waals surface area contributed by atoms with Crippen LogP contribution in [0.3, 0.4) is 0 Å². The SMILES string of the molecule is CC.CCOC(=O)c1cc(Br)c(N)cc1OC. The first kappa shape index (κ1) is 15.8. The summed E-state index contributed by atoms with van der Waals surface area (Å²) in [5.74, 6) is -0.01000. The molecule has 96 valence electrons. The van der Waals surface area contributed by atoms with E-state index >= 15 is 0 Å². The van der Waals surface area contributed by atoms with E-state index < -0.39 is 5.97 Å². The number of carbonyl (C=O) groups is 1. The standard InChI is InChI=1S/C10H12BrNO3.C2H6/c1-3-15-10(13)6-4-7(11)8(12)5-9(6)14-2;1-2/h4-5H,3,12H2,1-2H3;1-2H3. The molecule has 0 saturated carbocycles. The largest absolute Gasteiger partial charge is 0.496 e. The summed E-state index contributed by atoms with van der Waals surface area (Å²) < 4.78 is 10.6. The second-order valence-corrected chi connectivity index (χ2v) is 3.65. The number of nitrogen functional groups attached to an aromatic ring is 1. The summed E-state index contributed by atoms with van der Waals surface area (Å²) >= 11 is 3.24. The van der Waals surface area contributed by atoms with Crippen LogP contribution >= 0.6 is 15.9 Å². The zero-order valence-corrected chi connectivity index (χ0v) is 12.1. The van der Waals surface area contributed by atoms with Gasteiger partial charge in [0.25, 0.3) is 0 Å². The molecule has 1 rings (SSSR count). The highest BCUT2D eigenvalue weighted by Crippen LogP contribution is 2.29. The molecule has 0 atom stereocenters. The molecule has 17 heavy (non-hydrogen) atoms. The van der Waals surface area contributed by atoms with Crippen LogP contribution in [0.2, 0.25) is 0 Å². The summed E-state index contributed by atoms with van der Waals surface area (Å²) in [4.78, 5) is 11.5. The molecule has 0 aliphatic rings. The summed E-state index contributed by atoms with van der Waals surface area (Å²) in [6.45, 7) is 6.07. The quantitative estimate of drug-likeness (QED) is 0.688. The number of ether oxygens (including phenoxy) is 2. The van der Waals surface area contributed by atoms with Crippen molar-refractivity contribution in [1.82, 2.24) is 0 Å². The van der Waals surface area contributed by atoms with E-state index in [2.05, 4.69) is 15.9 Å². The third-order valence-electron chi connectivity index (χ3n) is 1.81. The Kier molecular flexibility index (Phi) is 7.37. The number of esters is 1. The van der Waals surface area contributed by atoms with Crippen LogP contribution < -0.4 is 10.5 Å². The number of anilines is 1. The Hall–Kier alpha value is -1.23. The molecule has 0 spiro atoms. The van der Waals surface area contributed by atoms with E-state index in [1.807, 2.05) is 13.8 Å². The first-order valence-corrected chi connectivity index (χ1v) is 6.19. The second-order valence-electron chi connectivity index (χ2n) is 2.79. The number of hydrogen-bond donors (Lipinski definition) is 1. The predicted octanol–water partition coefficient (Wildman–Crippen LogP) is 3.24. The van der Waals surface area contributed by atoms with Crippen LogP contribution in [0.5, 0.6) is 5.75 Å². The van der Waals surface area contributed by atoms with Gasteiger partial charge in [0, 0.05) is 16.2 Å². The van der Waals surface area contributed by atoms with Crippen molar-refractivity contribution in [2.75, 3.05) is 19.5 Å². The van der Waals surface area contributed by atoms with Crippen LogP contribution in [0, 0.1) is 0 Å². The zero-order valence-electron chi connectivity index (χ0n) is 10.5. The van der Waals surface area contributed by atoms with Crippen molar-refractivity contribution in [2.24, 2.45) is 0 Å². The molecule has 1 aromatic carbocycles. The molecule has 0 aliphatic heterocycles. The van der Waals surface area contributed by atoms with Gasteiger partial charge in [0.1, 0.15) is 11.3 Å². The maximum Gasteiger partial charge on any atom is 0.341 e. The van der Waals surface area contributed by atoms with Crippen molar-refractivity contribution < 1.29 is 14.3 Å². The third kappa shape index (κ3) is 4.26. The van der Waals surface area contributed by atoms with Gasteiger partial charge in [-0.1, -0.05) is 13.8 Å². The van der Waals surface area contributed by atoms with Gasteiger partial charge in [-0.2, -0.15) is 0 Å². The number of carbonyl (C=O) groups excluding carboxylic acids is 1. The first-order valence-electron chi connectivity index (χ1n) is 5.40. The summed E-state index contributed by atoms with van der Waals surface area (Å²) in [5.41, 5.74) is 6.54. The van der Waals surface area contributed by atoms with Gasteiger partial charge in [0.2, 0.25) is 0 Å². The van der Waals surface area contributed by atoms with Crippen LogP contribution in [0.4, 0.5) is 5.69 Å². The van der Waals surface area contributed by atoms with Crippen molar-refractivity contribution in [3.63, 3.8) is 0 Å². The van der Waals surface area contributed by atoms with Gasteiger partial charge in [-0.25, -0.2) is 4.79 Å². The highest BCUT2D eigenvalue weighted by molar-refractivity contribution is 9.10. The van der Waals surface area contributed by atoms with Gasteiger partial charge in [0.15, 0.2) is 0 Å². The number of halogens is 1. The Labute approximate surface area is 110 Å². The number of hydrogen-bond acceptors (Lipinski definition) is 4. The lowest BCUT2D eigenvalue weighted by molar-refractivity contribution is 0.0522. The minimum absolute atomic E-state index is 0.323. The van der Waals surface area contributed by atoms with Crippen molar-refractivity contribution >= 4 is 27.6 Å². The molecule has 5 heteroatoms. The fourth-order valence-corrected chi connectivity index (χ4v) is 1.45. The number of rotatable bonds is 3. The average molecular weight is 304 g/mol. The topological polar surface area (TPSA) is 61.5 Å². The smallest absolute Gasteiger partial charge is 0.341 e. The molecule has 0 saturated heterocycles. The van der Waals surface area contributed by atoms with E-state index in [-0.39, 0.29) is 0 Å². The Morgan fingerprint density at radius 1 is 1.41 bits per heavy atom. The molecule has 0 unspecified atom stereocenters. The molecular formula is C12H18BrNO3. The summed E-state index contributed by atoms with van der Waals surface area (Å²) in [6, 6.07) is 3.17. The molecular weight excluding hydrogens is 286 g/mol. The fourth-order valence-electron chi connectivity index (χ4n) is 1.11. The Morgan fingerprint density at radius 2 is 2.00 bits per heavy atom. The molecule has 0 heterocycles. The van der Waals surface area contributed by atoms with E-state index in [0.717, 1.165) is 0 Å². The van der Waals surface area contributed by atoms with Crippen LogP contribution in [0.1, 0.15) is 31.1 Å². The Balaban J connectivity index is 0.00000121. The van der Waals surface area contributed by atoms with Gasteiger partial charge in [-0.3, -0.25) is 0 Å². The lowest BCUT2D eigenvalue weighted by Crippen LogP contribution is -2.07. The first-order chi connectivity index (χ1) is 8.10. The highest BCUT2D eigenvalue weighted by Gasteiger charge is 2.15. The van der Waals surface area contributed by atoms with Crippen molar-refractivity contribution in [1.29, 1.82) is 0 Å². The molecule has 0 bridgehead atoms. The van der Waals surface area contributed by atoms with Crippen LogP contribution in [-0.2, 0) is 4.74 Å². The van der Waals surface area contributed by atoms with Gasteiger partial charge >= 0.3 is 5.97 Å². The van der Waals surface area contributed by atoms with Gasteiger partial charge in [0.05, 0.1) is 13.7 Å². The van der Waals surface area contributed by atoms with E-state index in [1.165, 1.54) is 7.11 Å². The van der Waals surface area contributed by atoms with Gasteiger partial charge in [-0.05, 0) is 28.9 Å². The van der Waals surface area contributed by atoms with Crippen LogP contribution in [-0.4, -0.2) is 19.7 Å². The highest BCUT2D eigenvalue weighted by atomic mass is 79.9. The number of nitrogens with two attached hydrogens (primary N) is 1. The molecule has 0 radical (unpaired) electrons. The summed E-state index contributed by atoms with van der Waals surface area (Å²) in [7, 11) is 1.48. The van der Waals surface area contributed by atoms with E-state index in [4.69, 9.17) is 15.2 Å². The van der Waals surface area contributed by atoms with Gasteiger partial charge in [-0.15, -0.1) is 0 Å². The Bertz CT molecular complexity index is 380. The molecule has 4 nitrogen and oxygen atoms in total. The molecule has 0 aromatic heterocycles. The lowest BCUT2D eigenvalue weighted by Gasteiger charge is -2.09. The van der Waals surface area contributed by atoms with Crippen LogP contribution in [0.25, 0.3) is 0 Å². The van der Waals surface area contributed by atoms with E-state index in [0.29, 0.717) is 28.1 Å².